The number of methoxy groups -OCH3 is 1. The maximum absolute atomic E-state index is 5.00. The van der Waals surface area contributed by atoms with Gasteiger partial charge in [-0.2, -0.15) is 5.10 Å². The molecule has 0 aliphatic carbocycles. The van der Waals surface area contributed by atoms with Gasteiger partial charge in [0.05, 0.1) is 12.8 Å². The van der Waals surface area contributed by atoms with E-state index in [0.29, 0.717) is 5.92 Å². The van der Waals surface area contributed by atoms with Gasteiger partial charge >= 0.3 is 0 Å². The maximum Gasteiger partial charge on any atom is 0.0587 e. The summed E-state index contributed by atoms with van der Waals surface area (Å²) < 4.78 is 6.86. The Morgan fingerprint density at radius 2 is 2.38 bits per heavy atom. The maximum atomic E-state index is 5.00. The molecule has 0 saturated carbocycles. The van der Waals surface area contributed by atoms with E-state index in [1.165, 1.54) is 12.0 Å². The van der Waals surface area contributed by atoms with Crippen molar-refractivity contribution >= 4 is 0 Å². The summed E-state index contributed by atoms with van der Waals surface area (Å²) in [5.74, 6) is 0.682. The van der Waals surface area contributed by atoms with Crippen molar-refractivity contribution in [2.75, 3.05) is 26.8 Å². The van der Waals surface area contributed by atoms with Crippen LogP contribution < -0.4 is 5.32 Å². The minimum atomic E-state index is 0.682. The van der Waals surface area contributed by atoms with E-state index >= 15 is 0 Å². The molecule has 92 valence electrons. The zero-order valence-electron chi connectivity index (χ0n) is 10.6. The fourth-order valence-corrected chi connectivity index (χ4v) is 1.75. The lowest BCUT2D eigenvalue weighted by Crippen LogP contribution is -2.26. The number of hydrogen-bond acceptors (Lipinski definition) is 3. The molecule has 0 spiro atoms. The third kappa shape index (κ3) is 4.77. The van der Waals surface area contributed by atoms with E-state index in [1.54, 1.807) is 7.11 Å². The lowest BCUT2D eigenvalue weighted by Gasteiger charge is -2.14. The Bertz CT molecular complexity index is 286. The molecule has 0 fully saturated rings. The number of rotatable bonds is 8. The van der Waals surface area contributed by atoms with Crippen LogP contribution in [0.25, 0.3) is 0 Å². The largest absolute Gasteiger partial charge is 0.383 e. The van der Waals surface area contributed by atoms with Crippen LogP contribution in [0, 0.1) is 5.92 Å². The van der Waals surface area contributed by atoms with E-state index in [4.69, 9.17) is 4.74 Å². The van der Waals surface area contributed by atoms with Crippen molar-refractivity contribution in [3.8, 4) is 0 Å². The van der Waals surface area contributed by atoms with Gasteiger partial charge in [-0.05, 0) is 24.4 Å². The zero-order chi connectivity index (χ0) is 11.8. The number of ether oxygens (including phenoxy) is 1. The highest BCUT2D eigenvalue weighted by molar-refractivity contribution is 5.04. The Morgan fingerprint density at radius 1 is 1.56 bits per heavy atom. The highest BCUT2D eigenvalue weighted by Gasteiger charge is 2.08. The summed E-state index contributed by atoms with van der Waals surface area (Å²) >= 11 is 0. The summed E-state index contributed by atoms with van der Waals surface area (Å²) in [5, 5.41) is 7.60. The Hall–Kier alpha value is -0.870. The van der Waals surface area contributed by atoms with Gasteiger partial charge in [0.1, 0.15) is 0 Å². The lowest BCUT2D eigenvalue weighted by atomic mass is 9.99. The van der Waals surface area contributed by atoms with Gasteiger partial charge in [-0.25, -0.2) is 0 Å². The number of nitrogens with zero attached hydrogens (tertiary/aromatic N) is 2. The molecular formula is C12H23N3O. The second-order valence-electron chi connectivity index (χ2n) is 4.20. The molecule has 16 heavy (non-hydrogen) atoms. The number of hydrogen-bond donors (Lipinski definition) is 1. The average Bonchev–Trinajstić information content (AvgIpc) is 2.68. The molecule has 0 aromatic carbocycles. The summed E-state index contributed by atoms with van der Waals surface area (Å²) in [4.78, 5) is 0. The van der Waals surface area contributed by atoms with Crippen LogP contribution in [-0.2, 0) is 18.2 Å². The second kappa shape index (κ2) is 7.41. The summed E-state index contributed by atoms with van der Waals surface area (Å²) in [6.07, 6.45) is 6.34. The van der Waals surface area contributed by atoms with Crippen LogP contribution in [0.4, 0.5) is 0 Å². The molecule has 4 heteroatoms. The van der Waals surface area contributed by atoms with Crippen molar-refractivity contribution in [3.63, 3.8) is 0 Å². The molecule has 1 rings (SSSR count). The molecule has 1 unspecified atom stereocenters. The zero-order valence-corrected chi connectivity index (χ0v) is 10.6. The van der Waals surface area contributed by atoms with Crippen LogP contribution >= 0.6 is 0 Å². The molecule has 1 aromatic rings. The van der Waals surface area contributed by atoms with Crippen LogP contribution in [0.15, 0.2) is 12.4 Å². The Labute approximate surface area is 98.0 Å². The minimum Gasteiger partial charge on any atom is -0.383 e. The normalized spacial score (nSPS) is 12.9. The molecule has 1 heterocycles. The van der Waals surface area contributed by atoms with Crippen LogP contribution in [-0.4, -0.2) is 36.6 Å². The molecule has 0 aliphatic rings. The number of aromatic nitrogens is 2. The third-order valence-electron chi connectivity index (χ3n) is 2.78. The molecular weight excluding hydrogens is 202 g/mol. The van der Waals surface area contributed by atoms with E-state index in [0.717, 1.165) is 26.1 Å². The standard InChI is InChI=1S/C12H23N3O/c1-4-11(8-13-5-6-16-3)7-12-9-14-15(2)10-12/h9-11,13H,4-8H2,1-3H3. The van der Waals surface area contributed by atoms with E-state index < -0.39 is 0 Å². The molecule has 1 atom stereocenters. The van der Waals surface area contributed by atoms with Gasteiger partial charge in [0.15, 0.2) is 0 Å². The highest BCUT2D eigenvalue weighted by Crippen LogP contribution is 2.10. The predicted octanol–water partition coefficient (Wildman–Crippen LogP) is 1.22. The highest BCUT2D eigenvalue weighted by atomic mass is 16.5. The van der Waals surface area contributed by atoms with Crippen molar-refractivity contribution in [2.24, 2.45) is 13.0 Å². The quantitative estimate of drug-likeness (QED) is 0.676. The summed E-state index contributed by atoms with van der Waals surface area (Å²) in [5.41, 5.74) is 1.32. The Kier molecular flexibility index (Phi) is 6.11. The van der Waals surface area contributed by atoms with Crippen molar-refractivity contribution in [1.82, 2.24) is 15.1 Å². The van der Waals surface area contributed by atoms with Crippen LogP contribution in [0.2, 0.25) is 0 Å². The van der Waals surface area contributed by atoms with Gasteiger partial charge in [-0.1, -0.05) is 13.3 Å². The van der Waals surface area contributed by atoms with E-state index in [9.17, 15) is 0 Å². The van der Waals surface area contributed by atoms with Crippen LogP contribution in [0.5, 0.6) is 0 Å². The van der Waals surface area contributed by atoms with Gasteiger partial charge in [0.2, 0.25) is 0 Å². The van der Waals surface area contributed by atoms with Crippen LogP contribution in [0.3, 0.4) is 0 Å². The van der Waals surface area contributed by atoms with Gasteiger partial charge < -0.3 is 10.1 Å². The Morgan fingerprint density at radius 3 is 2.94 bits per heavy atom. The monoisotopic (exact) mass is 225 g/mol. The van der Waals surface area contributed by atoms with Crippen molar-refractivity contribution < 1.29 is 4.74 Å². The molecule has 0 aliphatic heterocycles. The topological polar surface area (TPSA) is 39.1 Å². The number of nitrogens with one attached hydrogen (secondary N) is 1. The fraction of sp³-hybridized carbons (Fsp3) is 0.750. The molecule has 0 bridgehead atoms. The van der Waals surface area contributed by atoms with Gasteiger partial charge in [0, 0.05) is 26.9 Å². The third-order valence-corrected chi connectivity index (χ3v) is 2.78. The van der Waals surface area contributed by atoms with Gasteiger partial charge in [-0.3, -0.25) is 4.68 Å². The minimum absolute atomic E-state index is 0.682. The number of aryl methyl sites for hydroxylation is 1. The molecule has 1 N–H and O–H groups in total. The van der Waals surface area contributed by atoms with Crippen LogP contribution in [0.1, 0.15) is 18.9 Å². The van der Waals surface area contributed by atoms with Gasteiger partial charge in [-0.15, -0.1) is 0 Å². The van der Waals surface area contributed by atoms with E-state index in [-0.39, 0.29) is 0 Å². The SMILES string of the molecule is CCC(CNCCOC)Cc1cnn(C)c1. The summed E-state index contributed by atoms with van der Waals surface area (Å²) in [7, 11) is 3.69. The van der Waals surface area contributed by atoms with E-state index in [2.05, 4.69) is 23.5 Å². The fourth-order valence-electron chi connectivity index (χ4n) is 1.75. The van der Waals surface area contributed by atoms with Crippen molar-refractivity contribution in [3.05, 3.63) is 18.0 Å². The van der Waals surface area contributed by atoms with Crippen molar-refractivity contribution in [1.29, 1.82) is 0 Å². The lowest BCUT2D eigenvalue weighted by molar-refractivity contribution is 0.197. The smallest absolute Gasteiger partial charge is 0.0587 e. The molecule has 0 radical (unpaired) electrons. The predicted molar refractivity (Wildman–Crippen MR) is 65.4 cm³/mol. The Balaban J connectivity index is 2.26. The van der Waals surface area contributed by atoms with Gasteiger partial charge in [0.25, 0.3) is 0 Å². The molecule has 1 aromatic heterocycles. The first-order valence-corrected chi connectivity index (χ1v) is 5.93. The summed E-state index contributed by atoms with van der Waals surface area (Å²) in [6.45, 7) is 5.00. The second-order valence-corrected chi connectivity index (χ2v) is 4.20. The molecule has 0 saturated heterocycles. The van der Waals surface area contributed by atoms with E-state index in [1.807, 2.05) is 17.9 Å². The summed E-state index contributed by atoms with van der Waals surface area (Å²) in [6, 6.07) is 0. The molecule has 0 amide bonds. The first kappa shape index (κ1) is 13.2. The average molecular weight is 225 g/mol. The van der Waals surface area contributed by atoms with Crippen molar-refractivity contribution in [2.45, 2.75) is 19.8 Å². The first-order valence-electron chi connectivity index (χ1n) is 5.93. The first-order chi connectivity index (χ1) is 7.76. The molecule has 4 nitrogen and oxygen atoms in total.